The number of benzene rings is 3. The number of aryl methyl sites for hydroxylation is 1. The quantitative estimate of drug-likeness (QED) is 0.261. The molecule has 0 saturated heterocycles. The Morgan fingerprint density at radius 3 is 2.12 bits per heavy atom. The van der Waals surface area contributed by atoms with Crippen molar-refractivity contribution in [2.45, 2.75) is 38.9 Å². The summed E-state index contributed by atoms with van der Waals surface area (Å²) < 4.78 is 45.8. The topological polar surface area (TPSA) is 72.4 Å². The minimum atomic E-state index is -4.45. The lowest BCUT2D eigenvalue weighted by molar-refractivity contribution is -0.137. The number of carbonyl (C=O) groups is 2. The van der Waals surface area contributed by atoms with E-state index in [1.807, 2.05) is 24.3 Å². The van der Waals surface area contributed by atoms with E-state index < -0.39 is 23.7 Å². The van der Waals surface area contributed by atoms with Crippen LogP contribution in [-0.4, -0.2) is 16.6 Å². The van der Waals surface area contributed by atoms with Crippen LogP contribution < -0.4 is 15.4 Å². The molecule has 208 valence electrons. The molecule has 40 heavy (non-hydrogen) atoms. The van der Waals surface area contributed by atoms with Gasteiger partial charge in [-0.25, -0.2) is 4.79 Å². The fraction of sp³-hybridized carbons (Fsp3) is 0.226. The molecule has 3 aromatic carbocycles. The highest BCUT2D eigenvalue weighted by Crippen LogP contribution is 2.32. The van der Waals surface area contributed by atoms with Gasteiger partial charge in [0.1, 0.15) is 0 Å². The molecule has 0 spiro atoms. The lowest BCUT2D eigenvalue weighted by Crippen LogP contribution is -2.27. The number of nitrogens with zero attached hydrogens (tertiary/aromatic N) is 1. The standard InChI is InChI=1S/C31H30F3N3O3/c1-30(2,3)22-13-9-20(10-14-22)18-35-29(39)40-27-17-24(19-37(27)4)36-28(38)26-8-6-5-7-25(26)21-11-15-23(16-12-21)31(32,33)34/h5-17,19H,18H2,1-4H3,(H,35,39)(H,36,38). The van der Waals surface area contributed by atoms with E-state index in [1.54, 1.807) is 42.1 Å². The van der Waals surface area contributed by atoms with Crippen molar-refractivity contribution in [1.29, 1.82) is 0 Å². The van der Waals surface area contributed by atoms with Crippen LogP contribution in [0.15, 0.2) is 85.1 Å². The SMILES string of the molecule is Cn1cc(NC(=O)c2ccccc2-c2ccc(C(F)(F)F)cc2)cc1OC(=O)NCc1ccc(C(C)(C)C)cc1. The molecular formula is C31H30F3N3O3. The average Bonchev–Trinajstić information content (AvgIpc) is 3.24. The van der Waals surface area contributed by atoms with Gasteiger partial charge in [0.2, 0.25) is 5.88 Å². The van der Waals surface area contributed by atoms with Gasteiger partial charge in [0.05, 0.1) is 11.3 Å². The summed E-state index contributed by atoms with van der Waals surface area (Å²) in [5.74, 6) is -0.247. The van der Waals surface area contributed by atoms with Gasteiger partial charge in [-0.15, -0.1) is 0 Å². The van der Waals surface area contributed by atoms with Crippen molar-refractivity contribution in [3.63, 3.8) is 0 Å². The number of rotatable bonds is 6. The Balaban J connectivity index is 1.40. The molecule has 0 fully saturated rings. The van der Waals surface area contributed by atoms with E-state index in [0.717, 1.165) is 17.7 Å². The second kappa shape index (κ2) is 11.3. The Morgan fingerprint density at radius 2 is 1.50 bits per heavy atom. The van der Waals surface area contributed by atoms with Gasteiger partial charge in [-0.2, -0.15) is 13.2 Å². The Labute approximate surface area is 230 Å². The molecule has 9 heteroatoms. The smallest absolute Gasteiger partial charge is 0.393 e. The van der Waals surface area contributed by atoms with E-state index in [1.165, 1.54) is 23.8 Å². The van der Waals surface area contributed by atoms with Crippen molar-refractivity contribution in [3.05, 3.63) is 107 Å². The molecule has 0 unspecified atom stereocenters. The summed E-state index contributed by atoms with van der Waals surface area (Å²) in [4.78, 5) is 25.5. The van der Waals surface area contributed by atoms with Crippen LogP contribution in [-0.2, 0) is 25.2 Å². The van der Waals surface area contributed by atoms with Gasteiger partial charge in [0.15, 0.2) is 0 Å². The summed E-state index contributed by atoms with van der Waals surface area (Å²) >= 11 is 0. The zero-order valence-electron chi connectivity index (χ0n) is 22.6. The van der Waals surface area contributed by atoms with Crippen molar-refractivity contribution in [3.8, 4) is 17.0 Å². The van der Waals surface area contributed by atoms with Gasteiger partial charge in [-0.1, -0.05) is 75.4 Å². The van der Waals surface area contributed by atoms with Crippen molar-refractivity contribution >= 4 is 17.7 Å². The molecule has 1 heterocycles. The second-order valence-corrected chi connectivity index (χ2v) is 10.4. The van der Waals surface area contributed by atoms with Gasteiger partial charge in [0.25, 0.3) is 5.91 Å². The summed E-state index contributed by atoms with van der Waals surface area (Å²) in [7, 11) is 1.67. The van der Waals surface area contributed by atoms with E-state index in [-0.39, 0.29) is 23.4 Å². The van der Waals surface area contributed by atoms with E-state index in [9.17, 15) is 22.8 Å². The average molecular weight is 550 g/mol. The molecule has 4 aromatic rings. The van der Waals surface area contributed by atoms with Crippen molar-refractivity contribution in [1.82, 2.24) is 9.88 Å². The predicted octanol–water partition coefficient (Wildman–Crippen LogP) is 7.55. The maximum atomic E-state index is 13.1. The van der Waals surface area contributed by atoms with E-state index in [2.05, 4.69) is 31.4 Å². The van der Waals surface area contributed by atoms with Gasteiger partial charge in [0, 0.05) is 31.4 Å². The number of ether oxygens (including phenoxy) is 1. The highest BCUT2D eigenvalue weighted by Gasteiger charge is 2.30. The summed E-state index contributed by atoms with van der Waals surface area (Å²) in [5, 5.41) is 5.48. The molecule has 0 aliphatic rings. The third kappa shape index (κ3) is 6.91. The number of nitrogens with one attached hydrogen (secondary N) is 2. The highest BCUT2D eigenvalue weighted by molar-refractivity contribution is 6.08. The van der Waals surface area contributed by atoms with Crippen LogP contribution in [0.5, 0.6) is 5.88 Å². The molecule has 0 bridgehead atoms. The number of aromatic nitrogens is 1. The number of carbonyl (C=O) groups excluding carboxylic acids is 2. The summed E-state index contributed by atoms with van der Waals surface area (Å²) in [6, 6.07) is 20.8. The molecule has 0 saturated carbocycles. The van der Waals surface area contributed by atoms with Crippen LogP contribution in [0.2, 0.25) is 0 Å². The molecule has 4 rings (SSSR count). The Kier molecular flexibility index (Phi) is 8.04. The van der Waals surface area contributed by atoms with E-state index in [4.69, 9.17) is 4.74 Å². The molecular weight excluding hydrogens is 519 g/mol. The summed E-state index contributed by atoms with van der Waals surface area (Å²) in [6.45, 7) is 6.68. The van der Waals surface area contributed by atoms with Gasteiger partial charge >= 0.3 is 12.3 Å². The fourth-order valence-electron chi connectivity index (χ4n) is 4.11. The van der Waals surface area contributed by atoms with Crippen LogP contribution in [0.1, 0.15) is 47.8 Å². The molecule has 1 aromatic heterocycles. The molecule has 0 radical (unpaired) electrons. The zero-order chi connectivity index (χ0) is 29.1. The number of amides is 2. The van der Waals surface area contributed by atoms with E-state index >= 15 is 0 Å². The van der Waals surface area contributed by atoms with Crippen molar-refractivity contribution < 1.29 is 27.5 Å². The molecule has 0 aliphatic carbocycles. The lowest BCUT2D eigenvalue weighted by atomic mass is 9.87. The number of anilines is 1. The third-order valence-corrected chi connectivity index (χ3v) is 6.37. The Hall–Kier alpha value is -4.53. The Morgan fingerprint density at radius 1 is 0.875 bits per heavy atom. The maximum Gasteiger partial charge on any atom is 0.416 e. The first kappa shape index (κ1) is 28.5. The van der Waals surface area contributed by atoms with Crippen LogP contribution in [0.3, 0.4) is 0 Å². The first-order valence-electron chi connectivity index (χ1n) is 12.6. The third-order valence-electron chi connectivity index (χ3n) is 6.37. The highest BCUT2D eigenvalue weighted by atomic mass is 19.4. The molecule has 0 aliphatic heterocycles. The predicted molar refractivity (Wildman–Crippen MR) is 148 cm³/mol. The van der Waals surface area contributed by atoms with Gasteiger partial charge in [-0.05, 0) is 45.9 Å². The lowest BCUT2D eigenvalue weighted by Gasteiger charge is -2.19. The molecule has 2 N–H and O–H groups in total. The monoisotopic (exact) mass is 549 g/mol. The molecule has 2 amide bonds. The number of hydrogen-bond donors (Lipinski definition) is 2. The van der Waals surface area contributed by atoms with Gasteiger partial charge in [-0.3, -0.25) is 4.79 Å². The first-order chi connectivity index (χ1) is 18.8. The van der Waals surface area contributed by atoms with Crippen LogP contribution in [0.4, 0.5) is 23.7 Å². The minimum absolute atomic E-state index is 0.0365. The van der Waals surface area contributed by atoms with Crippen molar-refractivity contribution in [2.75, 3.05) is 5.32 Å². The zero-order valence-corrected chi connectivity index (χ0v) is 22.6. The number of alkyl halides is 3. The summed E-state index contributed by atoms with van der Waals surface area (Å²) in [5.41, 5.74) is 3.01. The number of hydrogen-bond acceptors (Lipinski definition) is 3. The van der Waals surface area contributed by atoms with Gasteiger partial charge < -0.3 is 19.9 Å². The van der Waals surface area contributed by atoms with Crippen LogP contribution >= 0.6 is 0 Å². The minimum Gasteiger partial charge on any atom is -0.393 e. The van der Waals surface area contributed by atoms with Crippen molar-refractivity contribution in [2.24, 2.45) is 7.05 Å². The van der Waals surface area contributed by atoms with Crippen LogP contribution in [0.25, 0.3) is 11.1 Å². The fourth-order valence-corrected chi connectivity index (χ4v) is 4.11. The normalized spacial score (nSPS) is 11.7. The number of halogens is 3. The van der Waals surface area contributed by atoms with Crippen LogP contribution in [0, 0.1) is 0 Å². The molecule has 0 atom stereocenters. The first-order valence-corrected chi connectivity index (χ1v) is 12.6. The Bertz CT molecular complexity index is 1500. The summed E-state index contributed by atoms with van der Waals surface area (Å²) in [6.07, 6.45) is -3.50. The van der Waals surface area contributed by atoms with E-state index in [0.29, 0.717) is 16.8 Å². The second-order valence-electron chi connectivity index (χ2n) is 10.4. The maximum absolute atomic E-state index is 13.1. The largest absolute Gasteiger partial charge is 0.416 e. The molecule has 6 nitrogen and oxygen atoms in total.